The maximum absolute atomic E-state index is 12.7. The topological polar surface area (TPSA) is 29.5 Å². The largest absolute Gasteiger partial charge is 0.383 e. The van der Waals surface area contributed by atoms with E-state index in [-0.39, 0.29) is 11.8 Å². The van der Waals surface area contributed by atoms with E-state index in [4.69, 9.17) is 16.3 Å². The van der Waals surface area contributed by atoms with Gasteiger partial charge >= 0.3 is 0 Å². The molecule has 4 heteroatoms. The molecule has 0 N–H and O–H groups in total. The standard InChI is InChI=1S/C17H24ClNO2/c1-12(14-7-8-14)19(9-10-21-3)13(2)17(20)15-5-4-6-16(18)11-15/h4-6,11-14H,7-10H2,1-3H3. The van der Waals surface area contributed by atoms with Crippen LogP contribution in [-0.4, -0.2) is 43.0 Å². The van der Waals surface area contributed by atoms with E-state index >= 15 is 0 Å². The third-order valence-corrected chi connectivity index (χ3v) is 4.60. The van der Waals surface area contributed by atoms with Crippen LogP contribution in [0.3, 0.4) is 0 Å². The fourth-order valence-corrected chi connectivity index (χ4v) is 3.02. The Morgan fingerprint density at radius 2 is 2.14 bits per heavy atom. The van der Waals surface area contributed by atoms with Gasteiger partial charge in [-0.3, -0.25) is 9.69 Å². The Kier molecular flexibility index (Phi) is 5.80. The van der Waals surface area contributed by atoms with Crippen LogP contribution in [0.25, 0.3) is 0 Å². The summed E-state index contributed by atoms with van der Waals surface area (Å²) in [6.45, 7) is 5.62. The minimum atomic E-state index is -0.158. The Morgan fingerprint density at radius 3 is 2.71 bits per heavy atom. The summed E-state index contributed by atoms with van der Waals surface area (Å²) in [5, 5.41) is 0.603. The molecule has 0 aromatic heterocycles. The van der Waals surface area contributed by atoms with Crippen molar-refractivity contribution in [1.29, 1.82) is 0 Å². The van der Waals surface area contributed by atoms with E-state index in [9.17, 15) is 4.79 Å². The molecule has 0 saturated heterocycles. The van der Waals surface area contributed by atoms with Gasteiger partial charge in [-0.25, -0.2) is 0 Å². The summed E-state index contributed by atoms with van der Waals surface area (Å²) in [5.74, 6) is 0.845. The fraction of sp³-hybridized carbons (Fsp3) is 0.588. The van der Waals surface area contributed by atoms with Crippen molar-refractivity contribution in [3.63, 3.8) is 0 Å². The molecule has 116 valence electrons. The highest BCUT2D eigenvalue weighted by Gasteiger charge is 2.35. The van der Waals surface area contributed by atoms with E-state index in [2.05, 4.69) is 11.8 Å². The Bertz CT molecular complexity index is 487. The first-order valence-electron chi connectivity index (χ1n) is 7.59. The van der Waals surface area contributed by atoms with Gasteiger partial charge in [0.15, 0.2) is 5.78 Å². The van der Waals surface area contributed by atoms with Gasteiger partial charge in [0.05, 0.1) is 12.6 Å². The molecule has 2 unspecified atom stereocenters. The second kappa shape index (κ2) is 7.39. The van der Waals surface area contributed by atoms with Gasteiger partial charge < -0.3 is 4.74 Å². The van der Waals surface area contributed by atoms with Crippen molar-refractivity contribution in [2.45, 2.75) is 38.8 Å². The van der Waals surface area contributed by atoms with Gasteiger partial charge in [0.1, 0.15) is 0 Å². The summed E-state index contributed by atoms with van der Waals surface area (Å²) < 4.78 is 5.20. The highest BCUT2D eigenvalue weighted by molar-refractivity contribution is 6.31. The van der Waals surface area contributed by atoms with Gasteiger partial charge in [-0.05, 0) is 44.7 Å². The molecule has 0 aliphatic heterocycles. The highest BCUT2D eigenvalue weighted by atomic mass is 35.5. The Balaban J connectivity index is 2.12. The number of rotatable bonds is 8. The highest BCUT2D eigenvalue weighted by Crippen LogP contribution is 2.36. The first-order chi connectivity index (χ1) is 10.0. The van der Waals surface area contributed by atoms with Crippen molar-refractivity contribution < 1.29 is 9.53 Å². The molecule has 21 heavy (non-hydrogen) atoms. The predicted molar refractivity (Wildman–Crippen MR) is 86.0 cm³/mol. The van der Waals surface area contributed by atoms with E-state index in [1.165, 1.54) is 12.8 Å². The van der Waals surface area contributed by atoms with Crippen LogP contribution < -0.4 is 0 Å². The van der Waals surface area contributed by atoms with Gasteiger partial charge in [0.25, 0.3) is 0 Å². The second-order valence-electron chi connectivity index (χ2n) is 5.86. The third-order valence-electron chi connectivity index (χ3n) is 4.37. The average molecular weight is 310 g/mol. The molecule has 0 bridgehead atoms. The van der Waals surface area contributed by atoms with E-state index in [1.807, 2.05) is 19.1 Å². The molecule has 0 heterocycles. The number of benzene rings is 1. The molecule has 3 nitrogen and oxygen atoms in total. The number of ether oxygens (including phenoxy) is 1. The fourth-order valence-electron chi connectivity index (χ4n) is 2.83. The van der Waals surface area contributed by atoms with Crippen LogP contribution in [0.5, 0.6) is 0 Å². The molecule has 1 fully saturated rings. The molecular weight excluding hydrogens is 286 g/mol. The van der Waals surface area contributed by atoms with Crippen LogP contribution in [0.2, 0.25) is 5.02 Å². The number of Topliss-reactive ketones (excluding diaryl/α,β-unsaturated/α-hetero) is 1. The minimum absolute atomic E-state index is 0.126. The van der Waals surface area contributed by atoms with Crippen molar-refractivity contribution in [1.82, 2.24) is 4.90 Å². The van der Waals surface area contributed by atoms with Crippen molar-refractivity contribution in [3.8, 4) is 0 Å². The number of hydrogen-bond acceptors (Lipinski definition) is 3. The molecule has 0 amide bonds. The second-order valence-corrected chi connectivity index (χ2v) is 6.30. The number of ketones is 1. The molecule has 0 radical (unpaired) electrons. The molecule has 1 saturated carbocycles. The summed E-state index contributed by atoms with van der Waals surface area (Å²) >= 11 is 5.99. The summed E-state index contributed by atoms with van der Waals surface area (Å²) in [6.07, 6.45) is 2.53. The number of carbonyl (C=O) groups excluding carboxylic acids is 1. The zero-order valence-corrected chi connectivity index (χ0v) is 13.8. The number of carbonyl (C=O) groups is 1. The third kappa shape index (κ3) is 4.29. The normalized spacial score (nSPS) is 17.8. The van der Waals surface area contributed by atoms with E-state index < -0.39 is 0 Å². The molecule has 2 atom stereocenters. The molecule has 1 aliphatic carbocycles. The Labute approximate surface area is 132 Å². The summed E-state index contributed by atoms with van der Waals surface area (Å²) in [7, 11) is 1.70. The maximum Gasteiger partial charge on any atom is 0.179 e. The summed E-state index contributed by atoms with van der Waals surface area (Å²) in [5.41, 5.74) is 0.681. The number of hydrogen-bond donors (Lipinski definition) is 0. The van der Waals surface area contributed by atoms with E-state index in [0.29, 0.717) is 23.2 Å². The number of methoxy groups -OCH3 is 1. The van der Waals surface area contributed by atoms with Crippen LogP contribution in [0.15, 0.2) is 24.3 Å². The summed E-state index contributed by atoms with van der Waals surface area (Å²) in [6, 6.07) is 7.45. The van der Waals surface area contributed by atoms with Gasteiger partial charge in [-0.2, -0.15) is 0 Å². The molecule has 0 spiro atoms. The van der Waals surface area contributed by atoms with Crippen LogP contribution in [0, 0.1) is 5.92 Å². The van der Waals surface area contributed by atoms with Crippen LogP contribution in [0.1, 0.15) is 37.0 Å². The van der Waals surface area contributed by atoms with Crippen molar-refractivity contribution in [2.24, 2.45) is 5.92 Å². The molecule has 1 aromatic carbocycles. The quantitative estimate of drug-likeness (QED) is 0.686. The first-order valence-corrected chi connectivity index (χ1v) is 7.97. The lowest BCUT2D eigenvalue weighted by molar-refractivity contribution is 0.0640. The van der Waals surface area contributed by atoms with Crippen LogP contribution >= 0.6 is 11.6 Å². The van der Waals surface area contributed by atoms with Gasteiger partial charge in [-0.15, -0.1) is 0 Å². The Morgan fingerprint density at radius 1 is 1.43 bits per heavy atom. The molecular formula is C17H24ClNO2. The van der Waals surface area contributed by atoms with E-state index in [0.717, 1.165) is 12.5 Å². The van der Waals surface area contributed by atoms with Gasteiger partial charge in [-0.1, -0.05) is 23.7 Å². The monoisotopic (exact) mass is 309 g/mol. The maximum atomic E-state index is 12.7. The lowest BCUT2D eigenvalue weighted by Crippen LogP contribution is -2.47. The van der Waals surface area contributed by atoms with Crippen LogP contribution in [-0.2, 0) is 4.74 Å². The summed E-state index contributed by atoms with van der Waals surface area (Å²) in [4.78, 5) is 15.0. The van der Waals surface area contributed by atoms with Crippen LogP contribution in [0.4, 0.5) is 0 Å². The van der Waals surface area contributed by atoms with Crippen molar-refractivity contribution in [2.75, 3.05) is 20.3 Å². The van der Waals surface area contributed by atoms with Crippen molar-refractivity contribution >= 4 is 17.4 Å². The first kappa shape index (κ1) is 16.5. The molecule has 2 rings (SSSR count). The van der Waals surface area contributed by atoms with E-state index in [1.54, 1.807) is 19.2 Å². The smallest absolute Gasteiger partial charge is 0.179 e. The lowest BCUT2D eigenvalue weighted by Gasteiger charge is -2.33. The minimum Gasteiger partial charge on any atom is -0.383 e. The Hall–Kier alpha value is -0.900. The average Bonchev–Trinajstić information content (AvgIpc) is 3.31. The number of nitrogens with zero attached hydrogens (tertiary/aromatic N) is 1. The van der Waals surface area contributed by atoms with Gasteiger partial charge in [0.2, 0.25) is 0 Å². The SMILES string of the molecule is COCCN(C(C)C(=O)c1cccc(Cl)c1)C(C)C1CC1. The zero-order valence-electron chi connectivity index (χ0n) is 13.0. The molecule has 1 aromatic rings. The molecule has 1 aliphatic rings. The number of halogens is 1. The van der Waals surface area contributed by atoms with Gasteiger partial charge in [0, 0.05) is 30.3 Å². The van der Waals surface area contributed by atoms with Crippen molar-refractivity contribution in [3.05, 3.63) is 34.9 Å². The predicted octanol–water partition coefficient (Wildman–Crippen LogP) is 3.66. The zero-order chi connectivity index (χ0) is 15.4. The lowest BCUT2D eigenvalue weighted by atomic mass is 10.0.